The second-order valence-electron chi connectivity index (χ2n) is 7.07. The molecule has 3 aromatic rings. The van der Waals surface area contributed by atoms with Gasteiger partial charge >= 0.3 is 5.97 Å². The maximum Gasteiger partial charge on any atom is 0.306 e. The van der Waals surface area contributed by atoms with Gasteiger partial charge in [-0.25, -0.2) is 9.50 Å². The van der Waals surface area contributed by atoms with Crippen LogP contribution in [0.3, 0.4) is 0 Å². The van der Waals surface area contributed by atoms with E-state index >= 15 is 0 Å². The molecular weight excluding hydrogens is 370 g/mol. The lowest BCUT2D eigenvalue weighted by atomic mass is 10.1. The van der Waals surface area contributed by atoms with Crippen molar-refractivity contribution in [1.82, 2.24) is 24.9 Å². The van der Waals surface area contributed by atoms with Crippen molar-refractivity contribution in [2.75, 3.05) is 0 Å². The number of carbonyl (C=O) groups excluding carboxylic acids is 2. The Morgan fingerprint density at radius 1 is 1.17 bits per heavy atom. The summed E-state index contributed by atoms with van der Waals surface area (Å²) >= 11 is 0. The van der Waals surface area contributed by atoms with Gasteiger partial charge in [-0.3, -0.25) is 9.59 Å². The highest BCUT2D eigenvalue weighted by molar-refractivity contribution is 5.83. The Morgan fingerprint density at radius 2 is 1.90 bits per heavy atom. The molecule has 152 valence electrons. The van der Waals surface area contributed by atoms with Crippen molar-refractivity contribution < 1.29 is 14.3 Å². The van der Waals surface area contributed by atoms with Crippen LogP contribution in [0.1, 0.15) is 41.4 Å². The molecule has 2 aromatic heterocycles. The Balaban J connectivity index is 1.51. The summed E-state index contributed by atoms with van der Waals surface area (Å²) < 4.78 is 6.94. The Hall–Kier alpha value is -3.29. The molecule has 1 aromatic carbocycles. The maximum atomic E-state index is 12.2. The smallest absolute Gasteiger partial charge is 0.306 e. The van der Waals surface area contributed by atoms with Gasteiger partial charge in [0.25, 0.3) is 11.7 Å². The van der Waals surface area contributed by atoms with Crippen molar-refractivity contribution in [2.45, 2.75) is 53.2 Å². The van der Waals surface area contributed by atoms with Gasteiger partial charge in [0.15, 0.2) is 6.10 Å². The van der Waals surface area contributed by atoms with Crippen molar-refractivity contribution >= 4 is 17.7 Å². The molecule has 0 aliphatic rings. The van der Waals surface area contributed by atoms with Gasteiger partial charge in [-0.2, -0.15) is 10.1 Å². The number of hydrogen-bond acceptors (Lipinski definition) is 6. The molecule has 0 aliphatic heterocycles. The summed E-state index contributed by atoms with van der Waals surface area (Å²) in [5.41, 5.74) is 4.77. The van der Waals surface area contributed by atoms with E-state index < -0.39 is 12.1 Å². The lowest BCUT2D eigenvalue weighted by molar-refractivity contribution is -0.154. The number of carbonyl (C=O) groups is 2. The average Bonchev–Trinajstić information content (AvgIpc) is 3.15. The van der Waals surface area contributed by atoms with Crippen LogP contribution in [0.25, 0.3) is 5.78 Å². The summed E-state index contributed by atoms with van der Waals surface area (Å²) in [6, 6.07) is 7.88. The molecule has 3 rings (SSSR count). The van der Waals surface area contributed by atoms with Crippen LogP contribution in [0.5, 0.6) is 0 Å². The topological polar surface area (TPSA) is 98.5 Å². The second-order valence-corrected chi connectivity index (χ2v) is 7.07. The van der Waals surface area contributed by atoms with E-state index in [-0.39, 0.29) is 12.3 Å². The molecule has 0 fully saturated rings. The third kappa shape index (κ3) is 4.96. The van der Waals surface area contributed by atoms with Crippen LogP contribution in [0.2, 0.25) is 0 Å². The molecular formula is C21H25N5O3. The molecule has 2 heterocycles. The number of amides is 1. The molecule has 0 radical (unpaired) electrons. The first-order chi connectivity index (χ1) is 13.8. The molecule has 0 aliphatic carbocycles. The summed E-state index contributed by atoms with van der Waals surface area (Å²) in [5.74, 6) is -0.220. The number of rotatable bonds is 7. The zero-order valence-electron chi connectivity index (χ0n) is 17.1. The molecule has 0 spiro atoms. The SMILES string of the molecule is Cc1ccc(CNC(=O)[C@@H](C)OC(=O)CCc2c(C)nc3ncnn3c2C)cc1. The molecule has 0 saturated carbocycles. The minimum Gasteiger partial charge on any atom is -0.453 e. The maximum absolute atomic E-state index is 12.2. The number of fused-ring (bicyclic) bond motifs is 1. The van der Waals surface area contributed by atoms with Crippen molar-refractivity contribution in [2.24, 2.45) is 0 Å². The van der Waals surface area contributed by atoms with Gasteiger partial charge in [-0.1, -0.05) is 29.8 Å². The molecule has 8 heteroatoms. The van der Waals surface area contributed by atoms with E-state index in [0.717, 1.165) is 28.1 Å². The lowest BCUT2D eigenvalue weighted by Gasteiger charge is -2.14. The fraction of sp³-hybridized carbons (Fsp3) is 0.381. The minimum atomic E-state index is -0.855. The van der Waals surface area contributed by atoms with Gasteiger partial charge < -0.3 is 10.1 Å². The van der Waals surface area contributed by atoms with Crippen LogP contribution in [-0.2, 0) is 27.3 Å². The zero-order valence-corrected chi connectivity index (χ0v) is 17.1. The predicted molar refractivity (Wildman–Crippen MR) is 107 cm³/mol. The van der Waals surface area contributed by atoms with E-state index in [9.17, 15) is 9.59 Å². The van der Waals surface area contributed by atoms with Gasteiger partial charge in [0.1, 0.15) is 6.33 Å². The van der Waals surface area contributed by atoms with E-state index in [4.69, 9.17) is 4.74 Å². The summed E-state index contributed by atoms with van der Waals surface area (Å²) in [6.45, 7) is 7.76. The molecule has 1 N–H and O–H groups in total. The van der Waals surface area contributed by atoms with Crippen molar-refractivity contribution in [3.05, 3.63) is 58.7 Å². The Bertz CT molecular complexity index is 1030. The molecule has 1 atom stereocenters. The van der Waals surface area contributed by atoms with Gasteiger partial charge in [0.2, 0.25) is 0 Å². The lowest BCUT2D eigenvalue weighted by Crippen LogP contribution is -2.35. The first-order valence-corrected chi connectivity index (χ1v) is 9.53. The normalized spacial score (nSPS) is 12.0. The summed E-state index contributed by atoms with van der Waals surface area (Å²) in [7, 11) is 0. The molecule has 0 unspecified atom stereocenters. The summed E-state index contributed by atoms with van der Waals surface area (Å²) in [4.78, 5) is 32.9. The monoisotopic (exact) mass is 395 g/mol. The zero-order chi connectivity index (χ0) is 21.0. The number of ether oxygens (including phenoxy) is 1. The summed E-state index contributed by atoms with van der Waals surface area (Å²) in [5, 5.41) is 6.93. The van der Waals surface area contributed by atoms with Crippen LogP contribution >= 0.6 is 0 Å². The van der Waals surface area contributed by atoms with Crippen LogP contribution < -0.4 is 5.32 Å². The van der Waals surface area contributed by atoms with Gasteiger partial charge in [0.05, 0.1) is 0 Å². The van der Waals surface area contributed by atoms with Gasteiger partial charge in [0, 0.05) is 24.4 Å². The van der Waals surface area contributed by atoms with Crippen molar-refractivity contribution in [3.63, 3.8) is 0 Å². The van der Waals surface area contributed by atoms with Crippen LogP contribution in [0.4, 0.5) is 0 Å². The fourth-order valence-electron chi connectivity index (χ4n) is 3.09. The Labute approximate surface area is 169 Å². The largest absolute Gasteiger partial charge is 0.453 e. The van der Waals surface area contributed by atoms with Crippen molar-refractivity contribution in [1.29, 1.82) is 0 Å². The third-order valence-electron chi connectivity index (χ3n) is 4.83. The number of aryl methyl sites for hydroxylation is 3. The highest BCUT2D eigenvalue weighted by atomic mass is 16.5. The Morgan fingerprint density at radius 3 is 2.62 bits per heavy atom. The minimum absolute atomic E-state index is 0.152. The first kappa shape index (κ1) is 20.4. The van der Waals surface area contributed by atoms with Crippen LogP contribution in [-0.4, -0.2) is 37.6 Å². The fourth-order valence-corrected chi connectivity index (χ4v) is 3.09. The number of hydrogen-bond donors (Lipinski definition) is 1. The predicted octanol–water partition coefficient (Wildman–Crippen LogP) is 2.23. The number of benzene rings is 1. The van der Waals surface area contributed by atoms with E-state index in [1.807, 2.05) is 45.0 Å². The highest BCUT2D eigenvalue weighted by Gasteiger charge is 2.19. The van der Waals surface area contributed by atoms with Gasteiger partial charge in [-0.05, 0) is 45.2 Å². The van der Waals surface area contributed by atoms with Crippen LogP contribution in [0, 0.1) is 20.8 Å². The number of aromatic nitrogens is 4. The van der Waals surface area contributed by atoms with Gasteiger partial charge in [-0.15, -0.1) is 0 Å². The molecule has 29 heavy (non-hydrogen) atoms. The second kappa shape index (κ2) is 8.81. The first-order valence-electron chi connectivity index (χ1n) is 9.53. The van der Waals surface area contributed by atoms with E-state index in [2.05, 4.69) is 20.4 Å². The molecule has 1 amide bonds. The van der Waals surface area contributed by atoms with E-state index in [0.29, 0.717) is 18.7 Å². The summed E-state index contributed by atoms with van der Waals surface area (Å²) in [6.07, 6.45) is 1.20. The van der Waals surface area contributed by atoms with E-state index in [1.54, 1.807) is 11.4 Å². The molecule has 8 nitrogen and oxygen atoms in total. The van der Waals surface area contributed by atoms with E-state index in [1.165, 1.54) is 6.33 Å². The third-order valence-corrected chi connectivity index (χ3v) is 4.83. The number of esters is 1. The standard InChI is InChI=1S/C21H25N5O3/c1-13-5-7-17(8-6-13)11-22-20(28)16(4)29-19(27)10-9-18-14(2)25-21-23-12-24-26(21)15(18)3/h5-8,12,16H,9-11H2,1-4H3,(H,22,28)/t16-/m1/s1. The number of nitrogens with zero attached hydrogens (tertiary/aromatic N) is 4. The quantitative estimate of drug-likeness (QED) is 0.616. The molecule has 0 bridgehead atoms. The average molecular weight is 395 g/mol. The number of nitrogens with one attached hydrogen (secondary N) is 1. The van der Waals surface area contributed by atoms with Crippen molar-refractivity contribution in [3.8, 4) is 0 Å². The molecule has 0 saturated heterocycles. The highest BCUT2D eigenvalue weighted by Crippen LogP contribution is 2.15. The Kier molecular flexibility index (Phi) is 6.21. The van der Waals surface area contributed by atoms with Crippen LogP contribution in [0.15, 0.2) is 30.6 Å².